The average Bonchev–Trinajstić information content (AvgIpc) is 3.32. The molecular formula is C18H13Cl2F3N4O2S. The molecule has 30 heavy (non-hydrogen) atoms. The summed E-state index contributed by atoms with van der Waals surface area (Å²) >= 11 is 13.4. The Kier molecular flexibility index (Phi) is 5.33. The lowest BCUT2D eigenvalue weighted by Gasteiger charge is -2.32. The Morgan fingerprint density at radius 2 is 2.10 bits per heavy atom. The van der Waals surface area contributed by atoms with Gasteiger partial charge < -0.3 is 15.7 Å². The van der Waals surface area contributed by atoms with E-state index in [-0.39, 0.29) is 33.7 Å². The summed E-state index contributed by atoms with van der Waals surface area (Å²) in [5.41, 5.74) is -0.425. The van der Waals surface area contributed by atoms with E-state index in [4.69, 9.17) is 23.2 Å². The molecule has 158 valence electrons. The number of hydrogen-bond donors (Lipinski definition) is 3. The summed E-state index contributed by atoms with van der Waals surface area (Å²) in [4.78, 5) is 13.4. The predicted molar refractivity (Wildman–Crippen MR) is 109 cm³/mol. The number of phenols is 1. The summed E-state index contributed by atoms with van der Waals surface area (Å²) in [6.07, 6.45) is -4.90. The molecule has 0 spiro atoms. The number of amides is 1. The van der Waals surface area contributed by atoms with Crippen LogP contribution in [0.4, 0.5) is 24.7 Å². The highest BCUT2D eigenvalue weighted by atomic mass is 35.5. The average molecular weight is 477 g/mol. The van der Waals surface area contributed by atoms with E-state index in [1.165, 1.54) is 29.5 Å². The molecule has 2 aromatic heterocycles. The molecule has 0 fully saturated rings. The van der Waals surface area contributed by atoms with Gasteiger partial charge in [-0.15, -0.1) is 11.3 Å². The van der Waals surface area contributed by atoms with Crippen LogP contribution >= 0.6 is 34.5 Å². The largest absolute Gasteiger partial charge is 0.506 e. The van der Waals surface area contributed by atoms with Gasteiger partial charge in [0, 0.05) is 16.3 Å². The van der Waals surface area contributed by atoms with Gasteiger partial charge in [0.15, 0.2) is 11.7 Å². The number of phenolic OH excluding ortho intramolecular Hbond substituents is 1. The van der Waals surface area contributed by atoms with Gasteiger partial charge >= 0.3 is 6.18 Å². The van der Waals surface area contributed by atoms with Crippen LogP contribution in [-0.2, 0) is 0 Å². The van der Waals surface area contributed by atoms with E-state index >= 15 is 0 Å². The maximum absolute atomic E-state index is 13.7. The number of aromatic hydroxyl groups is 1. The van der Waals surface area contributed by atoms with Gasteiger partial charge in [-0.25, -0.2) is 4.68 Å². The topological polar surface area (TPSA) is 79.2 Å². The first kappa shape index (κ1) is 20.8. The van der Waals surface area contributed by atoms with E-state index in [0.29, 0.717) is 9.56 Å². The third-order valence-electron chi connectivity index (χ3n) is 4.60. The quantitative estimate of drug-likeness (QED) is 0.413. The lowest BCUT2D eigenvalue weighted by Crippen LogP contribution is -2.35. The van der Waals surface area contributed by atoms with Crippen LogP contribution in [0.3, 0.4) is 0 Å². The number of nitrogens with one attached hydrogen (secondary N) is 2. The lowest BCUT2D eigenvalue weighted by molar-refractivity contribution is -0.173. The van der Waals surface area contributed by atoms with Crippen LogP contribution < -0.4 is 10.6 Å². The molecule has 6 nitrogen and oxygen atoms in total. The number of fused-ring (bicyclic) bond motifs is 1. The molecule has 1 amide bonds. The van der Waals surface area contributed by atoms with Gasteiger partial charge in [-0.05, 0) is 29.6 Å². The minimum atomic E-state index is -4.60. The number of nitrogens with zero attached hydrogens (tertiary/aromatic N) is 2. The van der Waals surface area contributed by atoms with Crippen molar-refractivity contribution in [2.75, 3.05) is 10.6 Å². The van der Waals surface area contributed by atoms with Gasteiger partial charge in [-0.2, -0.15) is 18.3 Å². The molecule has 0 aliphatic carbocycles. The molecule has 0 unspecified atom stereocenters. The molecule has 3 aromatic rings. The number of carbonyl (C=O) groups is 1. The predicted octanol–water partition coefficient (Wildman–Crippen LogP) is 5.87. The van der Waals surface area contributed by atoms with Crippen molar-refractivity contribution >= 4 is 52.0 Å². The first-order valence-corrected chi connectivity index (χ1v) is 10.2. The Bertz CT molecular complexity index is 1100. The van der Waals surface area contributed by atoms with Crippen LogP contribution in [0.15, 0.2) is 35.7 Å². The number of alkyl halides is 3. The number of aromatic nitrogens is 2. The van der Waals surface area contributed by atoms with Gasteiger partial charge in [0.05, 0.1) is 11.7 Å². The normalized spacial score (nSPS) is 18.6. The van der Waals surface area contributed by atoms with Crippen molar-refractivity contribution < 1.29 is 23.1 Å². The van der Waals surface area contributed by atoms with Crippen molar-refractivity contribution in [2.24, 2.45) is 0 Å². The first-order valence-electron chi connectivity index (χ1n) is 8.59. The van der Waals surface area contributed by atoms with Gasteiger partial charge in [-0.3, -0.25) is 4.79 Å². The third-order valence-corrected chi connectivity index (χ3v) is 6.18. The SMILES string of the molecule is O=C(Nc1cc(Cl)ccc1O)c1nn2c(c1Cl)N[C@H](c1cccs1)C[C@H]2C(F)(F)F. The van der Waals surface area contributed by atoms with Gasteiger partial charge in [0.1, 0.15) is 16.6 Å². The number of benzene rings is 1. The third kappa shape index (κ3) is 3.82. The molecule has 3 heterocycles. The first-order chi connectivity index (χ1) is 14.1. The molecule has 1 aliphatic heterocycles. The number of hydrogen-bond acceptors (Lipinski definition) is 5. The van der Waals surface area contributed by atoms with Crippen LogP contribution in [0.2, 0.25) is 10.0 Å². The monoisotopic (exact) mass is 476 g/mol. The highest BCUT2D eigenvalue weighted by Gasteiger charge is 2.48. The Morgan fingerprint density at radius 3 is 2.77 bits per heavy atom. The molecule has 2 atom stereocenters. The number of rotatable bonds is 3. The molecular weight excluding hydrogens is 464 g/mol. The van der Waals surface area contributed by atoms with E-state index in [2.05, 4.69) is 15.7 Å². The van der Waals surface area contributed by atoms with E-state index < -0.39 is 29.9 Å². The zero-order valence-corrected chi connectivity index (χ0v) is 17.2. The number of halogens is 5. The standard InChI is InChI=1S/C18H13Cl2F3N4O2S/c19-8-3-4-11(28)9(6-8)25-17(29)15-14(20)16-24-10(12-2-1-5-30-12)7-13(18(21,22)23)27(16)26-15/h1-6,10,13,24,28H,7H2,(H,25,29)/t10-,13-/m0/s1. The van der Waals surface area contributed by atoms with E-state index in [0.717, 1.165) is 0 Å². The molecule has 0 bridgehead atoms. The molecule has 0 saturated heterocycles. The van der Waals surface area contributed by atoms with Crippen LogP contribution in [0, 0.1) is 0 Å². The zero-order valence-electron chi connectivity index (χ0n) is 14.9. The highest BCUT2D eigenvalue weighted by Crippen LogP contribution is 2.47. The number of anilines is 2. The fraction of sp³-hybridized carbons (Fsp3) is 0.222. The fourth-order valence-electron chi connectivity index (χ4n) is 3.20. The second kappa shape index (κ2) is 7.68. The van der Waals surface area contributed by atoms with E-state index in [1.54, 1.807) is 17.5 Å². The summed E-state index contributed by atoms with van der Waals surface area (Å²) in [5.74, 6) is -1.24. The molecule has 4 rings (SSSR count). The van der Waals surface area contributed by atoms with Crippen LogP contribution in [0.25, 0.3) is 0 Å². The smallest absolute Gasteiger partial charge is 0.410 e. The second-order valence-corrected chi connectivity index (χ2v) is 8.37. The molecule has 12 heteroatoms. The summed E-state index contributed by atoms with van der Waals surface area (Å²) in [7, 11) is 0. The Morgan fingerprint density at radius 1 is 1.33 bits per heavy atom. The minimum Gasteiger partial charge on any atom is -0.506 e. The Hall–Kier alpha value is -2.43. The zero-order chi connectivity index (χ0) is 21.6. The fourth-order valence-corrected chi connectivity index (χ4v) is 4.43. The van der Waals surface area contributed by atoms with Crippen LogP contribution in [-0.4, -0.2) is 27.0 Å². The van der Waals surface area contributed by atoms with Crippen LogP contribution in [0.1, 0.15) is 33.9 Å². The minimum absolute atomic E-state index is 0.0219. The van der Waals surface area contributed by atoms with Gasteiger partial charge in [-0.1, -0.05) is 29.3 Å². The van der Waals surface area contributed by atoms with Gasteiger partial charge in [0.2, 0.25) is 0 Å². The molecule has 3 N–H and O–H groups in total. The number of carbonyl (C=O) groups excluding carboxylic acids is 1. The van der Waals surface area contributed by atoms with Crippen molar-refractivity contribution in [3.05, 3.63) is 56.3 Å². The summed E-state index contributed by atoms with van der Waals surface area (Å²) in [6, 6.07) is 4.86. The van der Waals surface area contributed by atoms with Crippen molar-refractivity contribution in [1.82, 2.24) is 9.78 Å². The highest BCUT2D eigenvalue weighted by molar-refractivity contribution is 7.10. The van der Waals surface area contributed by atoms with Crippen molar-refractivity contribution in [3.8, 4) is 5.75 Å². The maximum Gasteiger partial charge on any atom is 0.410 e. The van der Waals surface area contributed by atoms with Crippen molar-refractivity contribution in [1.29, 1.82) is 0 Å². The van der Waals surface area contributed by atoms with E-state index in [1.807, 2.05) is 0 Å². The maximum atomic E-state index is 13.7. The molecule has 0 radical (unpaired) electrons. The Balaban J connectivity index is 1.71. The van der Waals surface area contributed by atoms with Crippen molar-refractivity contribution in [3.63, 3.8) is 0 Å². The van der Waals surface area contributed by atoms with Crippen LogP contribution in [0.5, 0.6) is 5.75 Å². The summed E-state index contributed by atoms with van der Waals surface area (Å²) < 4.78 is 41.9. The summed E-state index contributed by atoms with van der Waals surface area (Å²) in [6.45, 7) is 0. The lowest BCUT2D eigenvalue weighted by atomic mass is 10.0. The Labute approximate surface area is 182 Å². The molecule has 0 saturated carbocycles. The van der Waals surface area contributed by atoms with Gasteiger partial charge in [0.25, 0.3) is 5.91 Å². The molecule has 1 aromatic carbocycles. The summed E-state index contributed by atoms with van der Waals surface area (Å²) in [5, 5.41) is 20.8. The number of thiophene rings is 1. The molecule has 1 aliphatic rings. The van der Waals surface area contributed by atoms with Crippen molar-refractivity contribution in [2.45, 2.75) is 24.7 Å². The second-order valence-electron chi connectivity index (χ2n) is 6.58. The van der Waals surface area contributed by atoms with E-state index in [9.17, 15) is 23.1 Å².